The van der Waals surface area contributed by atoms with Crippen LogP contribution in [-0.4, -0.2) is 12.2 Å². The number of rotatable bonds is 4. The molecule has 0 aliphatic carbocycles. The molecule has 14 heavy (non-hydrogen) atoms. The molecule has 1 aromatic carbocycles. The Kier molecular flexibility index (Phi) is 3.79. The molecule has 2 N–H and O–H groups in total. The third-order valence-electron chi connectivity index (χ3n) is 1.75. The Balaban J connectivity index is 2.83. The standard InChI is InChI=1S/C9H11F2NO2/c1-14-12-5-6-2-3-8(13)7(4-6)9(10)11/h2-4,9,12-13H,5H2,1H3. The van der Waals surface area contributed by atoms with E-state index in [-0.39, 0.29) is 11.3 Å². The maximum Gasteiger partial charge on any atom is 0.267 e. The van der Waals surface area contributed by atoms with E-state index in [9.17, 15) is 8.78 Å². The third-order valence-corrected chi connectivity index (χ3v) is 1.75. The number of aromatic hydroxyl groups is 1. The van der Waals surface area contributed by atoms with E-state index in [2.05, 4.69) is 10.3 Å². The van der Waals surface area contributed by atoms with Crippen LogP contribution in [0.15, 0.2) is 18.2 Å². The fourth-order valence-corrected chi connectivity index (χ4v) is 1.04. The van der Waals surface area contributed by atoms with Crippen molar-refractivity contribution in [3.8, 4) is 5.75 Å². The van der Waals surface area contributed by atoms with E-state index in [0.717, 1.165) is 0 Å². The molecule has 0 heterocycles. The monoisotopic (exact) mass is 203 g/mol. The average molecular weight is 203 g/mol. The SMILES string of the molecule is CONCc1ccc(O)c(C(F)F)c1. The molecule has 0 aliphatic rings. The van der Waals surface area contributed by atoms with Gasteiger partial charge in [-0.05, 0) is 17.7 Å². The molecular weight excluding hydrogens is 192 g/mol. The lowest BCUT2D eigenvalue weighted by Gasteiger charge is -2.07. The molecule has 0 atom stereocenters. The summed E-state index contributed by atoms with van der Waals surface area (Å²) in [6.07, 6.45) is -2.67. The predicted molar refractivity (Wildman–Crippen MR) is 46.9 cm³/mol. The second kappa shape index (κ2) is 4.88. The van der Waals surface area contributed by atoms with Crippen LogP contribution < -0.4 is 5.48 Å². The zero-order chi connectivity index (χ0) is 10.6. The van der Waals surface area contributed by atoms with Crippen molar-refractivity contribution in [2.24, 2.45) is 0 Å². The van der Waals surface area contributed by atoms with Crippen LogP contribution in [0, 0.1) is 0 Å². The number of hydrogen-bond acceptors (Lipinski definition) is 3. The highest BCUT2D eigenvalue weighted by molar-refractivity contribution is 5.36. The van der Waals surface area contributed by atoms with Gasteiger partial charge in [-0.3, -0.25) is 0 Å². The van der Waals surface area contributed by atoms with Crippen LogP contribution in [0.4, 0.5) is 8.78 Å². The molecule has 1 aromatic rings. The molecule has 0 radical (unpaired) electrons. The molecule has 0 bridgehead atoms. The van der Waals surface area contributed by atoms with Crippen LogP contribution in [0.5, 0.6) is 5.75 Å². The summed E-state index contributed by atoms with van der Waals surface area (Å²) in [4.78, 5) is 4.58. The van der Waals surface area contributed by atoms with Gasteiger partial charge in [-0.25, -0.2) is 8.78 Å². The summed E-state index contributed by atoms with van der Waals surface area (Å²) >= 11 is 0. The number of nitrogens with one attached hydrogen (secondary N) is 1. The zero-order valence-corrected chi connectivity index (χ0v) is 7.63. The van der Waals surface area contributed by atoms with Gasteiger partial charge in [0, 0.05) is 6.54 Å². The van der Waals surface area contributed by atoms with E-state index < -0.39 is 6.43 Å². The summed E-state index contributed by atoms with van der Waals surface area (Å²) in [5, 5.41) is 9.10. The van der Waals surface area contributed by atoms with Crippen molar-refractivity contribution < 1.29 is 18.7 Å². The van der Waals surface area contributed by atoms with Crippen molar-refractivity contribution in [2.75, 3.05) is 7.11 Å². The minimum atomic E-state index is -2.67. The molecule has 0 saturated carbocycles. The Morgan fingerprint density at radius 1 is 1.50 bits per heavy atom. The number of hydroxylamine groups is 1. The van der Waals surface area contributed by atoms with Gasteiger partial charge in [0.1, 0.15) is 5.75 Å². The molecule has 0 unspecified atom stereocenters. The first kappa shape index (κ1) is 10.9. The topological polar surface area (TPSA) is 41.5 Å². The zero-order valence-electron chi connectivity index (χ0n) is 7.63. The Morgan fingerprint density at radius 3 is 2.79 bits per heavy atom. The molecule has 0 saturated heterocycles. The lowest BCUT2D eigenvalue weighted by molar-refractivity contribution is 0.0865. The van der Waals surface area contributed by atoms with Crippen LogP contribution in [0.3, 0.4) is 0 Å². The van der Waals surface area contributed by atoms with Gasteiger partial charge in [-0.2, -0.15) is 5.48 Å². The number of phenolic OH excluding ortho intramolecular Hbond substituents is 1. The van der Waals surface area contributed by atoms with Crippen molar-refractivity contribution in [3.63, 3.8) is 0 Å². The lowest BCUT2D eigenvalue weighted by atomic mass is 10.1. The van der Waals surface area contributed by atoms with Crippen molar-refractivity contribution in [2.45, 2.75) is 13.0 Å². The molecule has 0 spiro atoms. The maximum atomic E-state index is 12.3. The Bertz CT molecular complexity index is 305. The first-order valence-corrected chi connectivity index (χ1v) is 4.01. The van der Waals surface area contributed by atoms with Crippen molar-refractivity contribution in [1.82, 2.24) is 5.48 Å². The fourth-order valence-electron chi connectivity index (χ4n) is 1.04. The van der Waals surface area contributed by atoms with Crippen molar-refractivity contribution in [3.05, 3.63) is 29.3 Å². The summed E-state index contributed by atoms with van der Waals surface area (Å²) in [5.74, 6) is -0.388. The van der Waals surface area contributed by atoms with Gasteiger partial charge in [0.05, 0.1) is 12.7 Å². The third kappa shape index (κ3) is 2.65. The smallest absolute Gasteiger partial charge is 0.267 e. The number of hydrogen-bond donors (Lipinski definition) is 2. The van der Waals surface area contributed by atoms with Gasteiger partial charge in [0.15, 0.2) is 0 Å². The normalized spacial score (nSPS) is 10.9. The first-order valence-electron chi connectivity index (χ1n) is 4.01. The van der Waals surface area contributed by atoms with Gasteiger partial charge >= 0.3 is 0 Å². The van der Waals surface area contributed by atoms with Gasteiger partial charge < -0.3 is 9.94 Å². The fraction of sp³-hybridized carbons (Fsp3) is 0.333. The Labute approximate surface area is 80.3 Å². The second-order valence-electron chi connectivity index (χ2n) is 2.72. The Morgan fingerprint density at radius 2 is 2.21 bits per heavy atom. The highest BCUT2D eigenvalue weighted by Crippen LogP contribution is 2.28. The minimum Gasteiger partial charge on any atom is -0.507 e. The van der Waals surface area contributed by atoms with Crippen molar-refractivity contribution >= 4 is 0 Å². The van der Waals surface area contributed by atoms with E-state index in [0.29, 0.717) is 12.1 Å². The molecule has 0 fully saturated rings. The molecule has 1 rings (SSSR count). The van der Waals surface area contributed by atoms with Crippen LogP contribution in [0.2, 0.25) is 0 Å². The summed E-state index contributed by atoms with van der Waals surface area (Å²) in [7, 11) is 1.44. The van der Waals surface area contributed by atoms with E-state index in [1.54, 1.807) is 6.07 Å². The number of alkyl halides is 2. The van der Waals surface area contributed by atoms with Gasteiger partial charge in [0.25, 0.3) is 6.43 Å². The van der Waals surface area contributed by atoms with E-state index in [4.69, 9.17) is 5.11 Å². The molecular formula is C9H11F2NO2. The summed E-state index contributed by atoms with van der Waals surface area (Å²) in [5.41, 5.74) is 2.79. The van der Waals surface area contributed by atoms with Crippen LogP contribution in [0.1, 0.15) is 17.6 Å². The quantitative estimate of drug-likeness (QED) is 0.735. The summed E-state index contributed by atoms with van der Waals surface area (Å²) in [6, 6.07) is 4.04. The molecule has 0 aromatic heterocycles. The van der Waals surface area contributed by atoms with Gasteiger partial charge in [-0.15, -0.1) is 0 Å². The second-order valence-corrected chi connectivity index (χ2v) is 2.72. The number of phenols is 1. The first-order chi connectivity index (χ1) is 6.65. The number of benzene rings is 1. The molecule has 5 heteroatoms. The Hall–Kier alpha value is -1.20. The van der Waals surface area contributed by atoms with Gasteiger partial charge in [-0.1, -0.05) is 6.07 Å². The van der Waals surface area contributed by atoms with Crippen molar-refractivity contribution in [1.29, 1.82) is 0 Å². The van der Waals surface area contributed by atoms with Crippen LogP contribution >= 0.6 is 0 Å². The molecule has 0 amide bonds. The van der Waals surface area contributed by atoms with E-state index in [1.165, 1.54) is 19.2 Å². The number of halogens is 2. The lowest BCUT2D eigenvalue weighted by Crippen LogP contribution is -2.10. The highest BCUT2D eigenvalue weighted by atomic mass is 19.3. The van der Waals surface area contributed by atoms with E-state index >= 15 is 0 Å². The average Bonchev–Trinajstić information content (AvgIpc) is 2.16. The molecule has 78 valence electrons. The van der Waals surface area contributed by atoms with Gasteiger partial charge in [0.2, 0.25) is 0 Å². The largest absolute Gasteiger partial charge is 0.507 e. The van der Waals surface area contributed by atoms with E-state index in [1.807, 2.05) is 0 Å². The molecule has 3 nitrogen and oxygen atoms in total. The predicted octanol–water partition coefficient (Wildman–Crippen LogP) is 1.98. The van der Waals surface area contributed by atoms with Crippen LogP contribution in [0.25, 0.3) is 0 Å². The summed E-state index contributed by atoms with van der Waals surface area (Å²) in [6.45, 7) is 0.316. The minimum absolute atomic E-state index is 0.316. The summed E-state index contributed by atoms with van der Waals surface area (Å²) < 4.78 is 24.6. The highest BCUT2D eigenvalue weighted by Gasteiger charge is 2.12. The molecule has 0 aliphatic heterocycles. The van der Waals surface area contributed by atoms with Crippen LogP contribution in [-0.2, 0) is 11.4 Å². The maximum absolute atomic E-state index is 12.3.